The number of carbonyl (C=O) groups is 1. The van der Waals surface area contributed by atoms with Gasteiger partial charge in [-0.05, 0) is 17.9 Å². The second-order valence-electron chi connectivity index (χ2n) is 7.67. The summed E-state index contributed by atoms with van der Waals surface area (Å²) >= 11 is 0. The highest BCUT2D eigenvalue weighted by Gasteiger charge is 2.29. The van der Waals surface area contributed by atoms with E-state index in [0.29, 0.717) is 6.54 Å². The van der Waals surface area contributed by atoms with Gasteiger partial charge in [-0.1, -0.05) is 50.6 Å². The van der Waals surface area contributed by atoms with Gasteiger partial charge in [-0.15, -0.1) is 24.8 Å². The normalized spacial score (nSPS) is 17.4. The number of morpholine rings is 1. The summed E-state index contributed by atoms with van der Waals surface area (Å²) < 4.78 is 5.47. The zero-order chi connectivity index (χ0) is 17.7. The highest BCUT2D eigenvalue weighted by Crippen LogP contribution is 2.23. The average Bonchev–Trinajstić information content (AvgIpc) is 2.54. The van der Waals surface area contributed by atoms with Crippen molar-refractivity contribution in [3.63, 3.8) is 0 Å². The Morgan fingerprint density at radius 2 is 1.88 bits per heavy atom. The highest BCUT2D eigenvalue weighted by molar-refractivity contribution is 5.85. The standard InChI is InChI=1S/C19H31N3O2.2ClH/c1-14-6-5-7-15(12-14)16(22-8-10-24-11-9-22)13-21-18(23)17(20)19(2,3)4;;/h5-7,12,16-17H,8-11,13,20H2,1-4H3,(H,21,23);2*1H/t16?,17-;;/m1../s1. The van der Waals surface area contributed by atoms with Crippen molar-refractivity contribution in [2.45, 2.75) is 39.8 Å². The third-order valence-corrected chi connectivity index (χ3v) is 4.60. The van der Waals surface area contributed by atoms with Crippen LogP contribution in [0.3, 0.4) is 0 Å². The van der Waals surface area contributed by atoms with Crippen LogP contribution in [0, 0.1) is 12.3 Å². The lowest BCUT2D eigenvalue weighted by Gasteiger charge is -2.35. The van der Waals surface area contributed by atoms with Gasteiger partial charge in [-0.25, -0.2) is 0 Å². The zero-order valence-corrected chi connectivity index (χ0v) is 17.8. The fourth-order valence-electron chi connectivity index (χ4n) is 2.92. The number of benzene rings is 1. The van der Waals surface area contributed by atoms with Crippen molar-refractivity contribution in [3.05, 3.63) is 35.4 Å². The molecule has 3 N–H and O–H groups in total. The van der Waals surface area contributed by atoms with Gasteiger partial charge in [-0.3, -0.25) is 9.69 Å². The average molecular weight is 406 g/mol. The van der Waals surface area contributed by atoms with E-state index in [2.05, 4.69) is 41.4 Å². The van der Waals surface area contributed by atoms with Crippen molar-refractivity contribution in [1.29, 1.82) is 0 Å². The summed E-state index contributed by atoms with van der Waals surface area (Å²) in [6.45, 7) is 11.8. The molecule has 1 aliphatic rings. The molecular formula is C19H33Cl2N3O2. The van der Waals surface area contributed by atoms with Gasteiger partial charge in [0.15, 0.2) is 0 Å². The lowest BCUT2D eigenvalue weighted by molar-refractivity contribution is -0.124. The summed E-state index contributed by atoms with van der Waals surface area (Å²) in [4.78, 5) is 14.8. The number of nitrogens with zero attached hydrogens (tertiary/aromatic N) is 1. The molecule has 150 valence electrons. The van der Waals surface area contributed by atoms with E-state index in [0.717, 1.165) is 26.3 Å². The van der Waals surface area contributed by atoms with Crippen LogP contribution < -0.4 is 11.1 Å². The fourth-order valence-corrected chi connectivity index (χ4v) is 2.92. The molecule has 1 heterocycles. The maximum absolute atomic E-state index is 12.4. The first kappa shape index (κ1) is 25.1. The number of rotatable bonds is 5. The third kappa shape index (κ3) is 7.05. The van der Waals surface area contributed by atoms with Crippen LogP contribution in [0.2, 0.25) is 0 Å². The lowest BCUT2D eigenvalue weighted by atomic mass is 9.87. The van der Waals surface area contributed by atoms with Crippen LogP contribution in [0.5, 0.6) is 0 Å². The van der Waals surface area contributed by atoms with E-state index in [1.54, 1.807) is 0 Å². The second-order valence-corrected chi connectivity index (χ2v) is 7.67. The van der Waals surface area contributed by atoms with Crippen LogP contribution in [0.4, 0.5) is 0 Å². The van der Waals surface area contributed by atoms with Gasteiger partial charge >= 0.3 is 0 Å². The van der Waals surface area contributed by atoms with Crippen LogP contribution >= 0.6 is 24.8 Å². The third-order valence-electron chi connectivity index (χ3n) is 4.60. The number of nitrogens with two attached hydrogens (primary N) is 1. The molecule has 1 aromatic carbocycles. The maximum Gasteiger partial charge on any atom is 0.237 e. The summed E-state index contributed by atoms with van der Waals surface area (Å²) in [5, 5.41) is 3.06. The van der Waals surface area contributed by atoms with E-state index in [9.17, 15) is 4.79 Å². The first-order valence-corrected chi connectivity index (χ1v) is 8.70. The molecule has 1 unspecified atom stereocenters. The molecule has 1 amide bonds. The van der Waals surface area contributed by atoms with E-state index >= 15 is 0 Å². The Hall–Kier alpha value is -0.850. The Labute approximate surface area is 169 Å². The van der Waals surface area contributed by atoms with E-state index < -0.39 is 6.04 Å². The number of ether oxygens (including phenoxy) is 1. The first-order chi connectivity index (χ1) is 11.3. The summed E-state index contributed by atoms with van der Waals surface area (Å²) in [6.07, 6.45) is 0. The molecule has 0 aromatic heterocycles. The van der Waals surface area contributed by atoms with Crippen LogP contribution in [0.15, 0.2) is 24.3 Å². The topological polar surface area (TPSA) is 67.6 Å². The predicted molar refractivity (Wildman–Crippen MR) is 111 cm³/mol. The Kier molecular flexibility index (Phi) is 10.7. The monoisotopic (exact) mass is 405 g/mol. The van der Waals surface area contributed by atoms with Gasteiger partial charge in [0.05, 0.1) is 25.3 Å². The molecule has 0 aliphatic carbocycles. The first-order valence-electron chi connectivity index (χ1n) is 8.70. The van der Waals surface area contributed by atoms with Crippen molar-refractivity contribution in [1.82, 2.24) is 10.2 Å². The van der Waals surface area contributed by atoms with E-state index in [4.69, 9.17) is 10.5 Å². The minimum Gasteiger partial charge on any atom is -0.379 e. The molecule has 1 aromatic rings. The molecular weight excluding hydrogens is 373 g/mol. The smallest absolute Gasteiger partial charge is 0.237 e. The summed E-state index contributed by atoms with van der Waals surface area (Å²) in [6, 6.07) is 8.11. The minimum absolute atomic E-state index is 0. The highest BCUT2D eigenvalue weighted by atomic mass is 35.5. The van der Waals surface area contributed by atoms with Crippen molar-refractivity contribution >= 4 is 30.7 Å². The Morgan fingerprint density at radius 1 is 1.27 bits per heavy atom. The molecule has 0 bridgehead atoms. The Balaban J connectivity index is 0.00000312. The number of hydrogen-bond acceptors (Lipinski definition) is 4. The molecule has 1 aliphatic heterocycles. The van der Waals surface area contributed by atoms with Gasteiger partial charge in [0.25, 0.3) is 0 Å². The van der Waals surface area contributed by atoms with E-state index in [1.165, 1.54) is 11.1 Å². The molecule has 0 radical (unpaired) electrons. The van der Waals surface area contributed by atoms with Gasteiger partial charge in [0.1, 0.15) is 0 Å². The lowest BCUT2D eigenvalue weighted by Crippen LogP contribution is -2.51. The number of nitrogens with one attached hydrogen (secondary N) is 1. The number of carbonyl (C=O) groups excluding carboxylic acids is 1. The van der Waals surface area contributed by atoms with E-state index in [1.807, 2.05) is 20.8 Å². The van der Waals surface area contributed by atoms with Crippen LogP contribution in [0.25, 0.3) is 0 Å². The minimum atomic E-state index is -0.514. The van der Waals surface area contributed by atoms with Crippen LogP contribution in [-0.2, 0) is 9.53 Å². The van der Waals surface area contributed by atoms with Gasteiger partial charge in [-0.2, -0.15) is 0 Å². The Morgan fingerprint density at radius 3 is 2.42 bits per heavy atom. The Bertz CT molecular complexity index is 558. The second kappa shape index (κ2) is 11.1. The molecule has 5 nitrogen and oxygen atoms in total. The van der Waals surface area contributed by atoms with Crippen molar-refractivity contribution in [3.8, 4) is 0 Å². The largest absolute Gasteiger partial charge is 0.379 e. The molecule has 2 atom stereocenters. The van der Waals surface area contributed by atoms with Crippen molar-refractivity contribution in [2.75, 3.05) is 32.8 Å². The molecule has 7 heteroatoms. The van der Waals surface area contributed by atoms with Gasteiger partial charge in [0.2, 0.25) is 5.91 Å². The van der Waals surface area contributed by atoms with Crippen LogP contribution in [0.1, 0.15) is 37.9 Å². The molecule has 2 rings (SSSR count). The number of aryl methyl sites for hydroxylation is 1. The number of hydrogen-bond donors (Lipinski definition) is 2. The van der Waals surface area contributed by atoms with E-state index in [-0.39, 0.29) is 42.2 Å². The van der Waals surface area contributed by atoms with Gasteiger partial charge in [0, 0.05) is 19.6 Å². The maximum atomic E-state index is 12.4. The molecule has 26 heavy (non-hydrogen) atoms. The van der Waals surface area contributed by atoms with Gasteiger partial charge < -0.3 is 15.8 Å². The summed E-state index contributed by atoms with van der Waals surface area (Å²) in [5.41, 5.74) is 8.28. The molecule has 0 spiro atoms. The number of halogens is 2. The van der Waals surface area contributed by atoms with Crippen molar-refractivity contribution < 1.29 is 9.53 Å². The predicted octanol–water partition coefficient (Wildman–Crippen LogP) is 2.70. The molecule has 0 saturated carbocycles. The van der Waals surface area contributed by atoms with Crippen LogP contribution in [-0.4, -0.2) is 49.7 Å². The summed E-state index contributed by atoms with van der Waals surface area (Å²) in [5.74, 6) is -0.0894. The molecule has 1 fully saturated rings. The summed E-state index contributed by atoms with van der Waals surface area (Å²) in [7, 11) is 0. The zero-order valence-electron chi connectivity index (χ0n) is 16.2. The number of amides is 1. The SMILES string of the molecule is Cc1cccc(C(CNC(=O)[C@@H](N)C(C)(C)C)N2CCOCC2)c1.Cl.Cl. The molecule has 1 saturated heterocycles. The van der Waals surface area contributed by atoms with Crippen molar-refractivity contribution in [2.24, 2.45) is 11.1 Å². The fraction of sp³-hybridized carbons (Fsp3) is 0.632. The quantitative estimate of drug-likeness (QED) is 0.789.